The van der Waals surface area contributed by atoms with Gasteiger partial charge in [0.1, 0.15) is 5.76 Å². The van der Waals surface area contributed by atoms with Crippen LogP contribution >= 0.6 is 0 Å². The first kappa shape index (κ1) is 18.0. The Labute approximate surface area is 145 Å². The number of hydrogen-bond acceptors (Lipinski definition) is 2. The van der Waals surface area contributed by atoms with Crippen molar-refractivity contribution in [3.63, 3.8) is 0 Å². The minimum atomic E-state index is 0.859. The summed E-state index contributed by atoms with van der Waals surface area (Å²) in [5, 5.41) is 0. The Kier molecular flexibility index (Phi) is 5.61. The molecule has 0 unspecified atom stereocenters. The average Bonchev–Trinajstić information content (AvgIpc) is 2.49. The zero-order chi connectivity index (χ0) is 17.9. The van der Waals surface area contributed by atoms with Crippen molar-refractivity contribution in [3.05, 3.63) is 69.8 Å². The Morgan fingerprint density at radius 3 is 1.96 bits per heavy atom. The highest BCUT2D eigenvalue weighted by Gasteiger charge is 2.10. The van der Waals surface area contributed by atoms with Crippen LogP contribution in [-0.4, -0.2) is 12.8 Å². The van der Waals surface area contributed by atoms with Gasteiger partial charge in [0.2, 0.25) is 0 Å². The SMILES string of the molecule is CO/C(=C/C(C)=Nc1c(C)cccc1C)c1c(C)cc(C)cc1C. The number of aliphatic imine (C=N–C) groups is 1. The van der Waals surface area contributed by atoms with Crippen LogP contribution in [-0.2, 0) is 4.74 Å². The second-order valence-electron chi connectivity index (χ2n) is 6.48. The van der Waals surface area contributed by atoms with Crippen LogP contribution in [0.2, 0.25) is 0 Å². The molecule has 0 heterocycles. The molecule has 0 saturated carbocycles. The Hall–Kier alpha value is -2.35. The van der Waals surface area contributed by atoms with Crippen LogP contribution in [0, 0.1) is 34.6 Å². The molecule has 2 aromatic carbocycles. The van der Waals surface area contributed by atoms with Crippen LogP contribution in [0.15, 0.2) is 41.4 Å². The Morgan fingerprint density at radius 2 is 1.46 bits per heavy atom. The molecular formula is C22H27NO. The molecule has 126 valence electrons. The molecule has 2 aromatic rings. The van der Waals surface area contributed by atoms with E-state index in [1.165, 1.54) is 27.8 Å². The van der Waals surface area contributed by atoms with E-state index in [1.54, 1.807) is 7.11 Å². The van der Waals surface area contributed by atoms with Crippen molar-refractivity contribution < 1.29 is 4.74 Å². The number of methoxy groups -OCH3 is 1. The van der Waals surface area contributed by atoms with Crippen LogP contribution in [0.1, 0.15) is 40.3 Å². The van der Waals surface area contributed by atoms with Gasteiger partial charge in [-0.1, -0.05) is 35.9 Å². The predicted molar refractivity (Wildman–Crippen MR) is 104 cm³/mol. The fourth-order valence-electron chi connectivity index (χ4n) is 3.18. The maximum atomic E-state index is 5.69. The number of allylic oxidation sites excluding steroid dienone is 1. The van der Waals surface area contributed by atoms with E-state index in [4.69, 9.17) is 9.73 Å². The van der Waals surface area contributed by atoms with Gasteiger partial charge in [-0.15, -0.1) is 0 Å². The molecule has 0 spiro atoms. The standard InChI is InChI=1S/C22H27NO/c1-14-11-17(4)21(18(5)12-14)20(24-7)13-19(6)23-22-15(2)9-8-10-16(22)3/h8-13H,1-7H3/b20-13+,23-19?. The smallest absolute Gasteiger partial charge is 0.128 e. The molecule has 2 nitrogen and oxygen atoms in total. The van der Waals surface area contributed by atoms with E-state index in [0.717, 1.165) is 22.7 Å². The van der Waals surface area contributed by atoms with Gasteiger partial charge in [-0.25, -0.2) is 0 Å². The fraction of sp³-hybridized carbons (Fsp3) is 0.318. The van der Waals surface area contributed by atoms with Crippen molar-refractivity contribution in [2.75, 3.05) is 7.11 Å². The second-order valence-corrected chi connectivity index (χ2v) is 6.48. The second kappa shape index (κ2) is 7.48. The largest absolute Gasteiger partial charge is 0.496 e. The molecule has 2 heteroatoms. The number of para-hydroxylation sites is 1. The number of rotatable bonds is 4. The highest BCUT2D eigenvalue weighted by atomic mass is 16.5. The summed E-state index contributed by atoms with van der Waals surface area (Å²) in [5.41, 5.74) is 9.21. The Bertz CT molecular complexity index is 769. The van der Waals surface area contributed by atoms with Crippen molar-refractivity contribution in [3.8, 4) is 0 Å². The Balaban J connectivity index is 2.50. The lowest BCUT2D eigenvalue weighted by Crippen LogP contribution is -1.99. The zero-order valence-corrected chi connectivity index (χ0v) is 15.8. The topological polar surface area (TPSA) is 21.6 Å². The summed E-state index contributed by atoms with van der Waals surface area (Å²) in [6.45, 7) is 12.6. The lowest BCUT2D eigenvalue weighted by molar-refractivity contribution is 0.370. The summed E-state index contributed by atoms with van der Waals surface area (Å²) in [7, 11) is 1.72. The molecule has 24 heavy (non-hydrogen) atoms. The summed E-state index contributed by atoms with van der Waals surface area (Å²) >= 11 is 0. The van der Waals surface area contributed by atoms with E-state index in [1.807, 2.05) is 13.0 Å². The molecule has 0 saturated heterocycles. The average molecular weight is 321 g/mol. The van der Waals surface area contributed by atoms with E-state index in [0.29, 0.717) is 0 Å². The van der Waals surface area contributed by atoms with E-state index >= 15 is 0 Å². The van der Waals surface area contributed by atoms with Crippen molar-refractivity contribution in [1.29, 1.82) is 0 Å². The van der Waals surface area contributed by atoms with Gasteiger partial charge in [-0.3, -0.25) is 4.99 Å². The van der Waals surface area contributed by atoms with Crippen molar-refractivity contribution in [2.24, 2.45) is 4.99 Å². The summed E-state index contributed by atoms with van der Waals surface area (Å²) in [6.07, 6.45) is 2.02. The minimum absolute atomic E-state index is 0.859. The van der Waals surface area contributed by atoms with Crippen molar-refractivity contribution in [1.82, 2.24) is 0 Å². The molecule has 0 aliphatic heterocycles. The molecule has 0 radical (unpaired) electrons. The van der Waals surface area contributed by atoms with Crippen LogP contribution in [0.4, 0.5) is 5.69 Å². The van der Waals surface area contributed by atoms with Crippen molar-refractivity contribution >= 4 is 17.2 Å². The van der Waals surface area contributed by atoms with Gasteiger partial charge < -0.3 is 4.74 Å². The normalized spacial score (nSPS) is 12.5. The zero-order valence-electron chi connectivity index (χ0n) is 15.8. The molecular weight excluding hydrogens is 294 g/mol. The van der Waals surface area contributed by atoms with E-state index in [9.17, 15) is 0 Å². The fourth-order valence-corrected chi connectivity index (χ4v) is 3.18. The summed E-state index contributed by atoms with van der Waals surface area (Å²) in [6, 6.07) is 10.6. The molecule has 0 aliphatic carbocycles. The lowest BCUT2D eigenvalue weighted by atomic mass is 9.97. The number of hydrogen-bond donors (Lipinski definition) is 0. The first-order valence-corrected chi connectivity index (χ1v) is 8.29. The monoisotopic (exact) mass is 321 g/mol. The lowest BCUT2D eigenvalue weighted by Gasteiger charge is -2.14. The van der Waals surface area contributed by atoms with E-state index < -0.39 is 0 Å². The molecule has 0 atom stereocenters. The van der Waals surface area contributed by atoms with Crippen LogP contribution in [0.5, 0.6) is 0 Å². The van der Waals surface area contributed by atoms with Crippen LogP contribution < -0.4 is 0 Å². The number of aryl methyl sites for hydroxylation is 5. The molecule has 0 N–H and O–H groups in total. The van der Waals surface area contributed by atoms with Crippen LogP contribution in [0.25, 0.3) is 5.76 Å². The summed E-state index contributed by atoms with van der Waals surface area (Å²) in [4.78, 5) is 4.81. The highest BCUT2D eigenvalue weighted by Crippen LogP contribution is 2.27. The van der Waals surface area contributed by atoms with Gasteiger partial charge >= 0.3 is 0 Å². The van der Waals surface area contributed by atoms with Gasteiger partial charge in [-0.05, 0) is 63.8 Å². The third-order valence-electron chi connectivity index (χ3n) is 4.21. The molecule has 0 amide bonds. The minimum Gasteiger partial charge on any atom is -0.496 e. The van der Waals surface area contributed by atoms with E-state index in [2.05, 4.69) is 65.0 Å². The molecule has 2 rings (SSSR count). The van der Waals surface area contributed by atoms with Gasteiger partial charge in [0, 0.05) is 17.4 Å². The third kappa shape index (κ3) is 3.94. The van der Waals surface area contributed by atoms with Gasteiger partial charge in [0.25, 0.3) is 0 Å². The highest BCUT2D eigenvalue weighted by molar-refractivity contribution is 6.00. The summed E-state index contributed by atoms with van der Waals surface area (Å²) in [5.74, 6) is 0.859. The molecule has 0 aromatic heterocycles. The molecule has 0 fully saturated rings. The predicted octanol–water partition coefficient (Wildman–Crippen LogP) is 6.01. The Morgan fingerprint density at radius 1 is 0.917 bits per heavy atom. The molecule has 0 bridgehead atoms. The first-order valence-electron chi connectivity index (χ1n) is 8.29. The van der Waals surface area contributed by atoms with Gasteiger partial charge in [0.15, 0.2) is 0 Å². The maximum absolute atomic E-state index is 5.69. The van der Waals surface area contributed by atoms with Crippen molar-refractivity contribution in [2.45, 2.75) is 41.5 Å². The third-order valence-corrected chi connectivity index (χ3v) is 4.21. The van der Waals surface area contributed by atoms with Gasteiger partial charge in [0.05, 0.1) is 12.8 Å². The van der Waals surface area contributed by atoms with Crippen LogP contribution in [0.3, 0.4) is 0 Å². The maximum Gasteiger partial charge on any atom is 0.128 e. The number of benzene rings is 2. The number of ether oxygens (including phenoxy) is 1. The summed E-state index contributed by atoms with van der Waals surface area (Å²) < 4.78 is 5.69. The van der Waals surface area contributed by atoms with E-state index in [-0.39, 0.29) is 0 Å². The number of nitrogens with zero attached hydrogens (tertiary/aromatic N) is 1. The first-order chi connectivity index (χ1) is 11.3. The van der Waals surface area contributed by atoms with Gasteiger partial charge in [-0.2, -0.15) is 0 Å². The quantitative estimate of drug-likeness (QED) is 0.499. The molecule has 0 aliphatic rings.